The first kappa shape index (κ1) is 13.5. The molecule has 102 valence electrons. The Kier molecular flexibility index (Phi) is 3.57. The third-order valence-corrected chi connectivity index (χ3v) is 3.56. The van der Waals surface area contributed by atoms with E-state index in [-0.39, 0.29) is 17.5 Å². The van der Waals surface area contributed by atoms with Crippen LogP contribution in [0.25, 0.3) is 0 Å². The van der Waals surface area contributed by atoms with E-state index in [1.165, 1.54) is 0 Å². The molecule has 1 atom stereocenters. The summed E-state index contributed by atoms with van der Waals surface area (Å²) >= 11 is 0. The summed E-state index contributed by atoms with van der Waals surface area (Å²) in [6.45, 7) is 4.54. The summed E-state index contributed by atoms with van der Waals surface area (Å²) in [4.78, 5) is 25.5. The zero-order valence-electron chi connectivity index (χ0n) is 11.1. The number of hydrogen-bond acceptors (Lipinski definition) is 3. The normalized spacial score (nSPS) is 18.7. The van der Waals surface area contributed by atoms with Crippen molar-refractivity contribution in [3.05, 3.63) is 34.4 Å². The molecule has 1 saturated heterocycles. The van der Waals surface area contributed by atoms with E-state index < -0.39 is 5.97 Å². The van der Waals surface area contributed by atoms with E-state index >= 15 is 0 Å². The molecule has 1 amide bonds. The van der Waals surface area contributed by atoms with Crippen LogP contribution in [-0.4, -0.2) is 41.0 Å². The van der Waals surface area contributed by atoms with E-state index in [1.807, 2.05) is 0 Å². The number of aromatic carboxylic acids is 1. The summed E-state index contributed by atoms with van der Waals surface area (Å²) in [5.41, 5.74) is 7.48. The predicted octanol–water partition coefficient (Wildman–Crippen LogP) is 1.17. The fraction of sp³-hybridized carbons (Fsp3) is 0.429. The van der Waals surface area contributed by atoms with Gasteiger partial charge in [-0.1, -0.05) is 12.1 Å². The lowest BCUT2D eigenvalue weighted by Crippen LogP contribution is -2.33. The molecule has 0 bridgehead atoms. The fourth-order valence-electron chi connectivity index (χ4n) is 2.49. The molecule has 1 aliphatic heterocycles. The van der Waals surface area contributed by atoms with Crippen LogP contribution in [0.1, 0.15) is 38.3 Å². The van der Waals surface area contributed by atoms with Crippen LogP contribution in [0, 0.1) is 13.8 Å². The monoisotopic (exact) mass is 262 g/mol. The van der Waals surface area contributed by atoms with Crippen molar-refractivity contribution in [2.24, 2.45) is 5.73 Å². The molecule has 0 saturated carbocycles. The lowest BCUT2D eigenvalue weighted by Gasteiger charge is -2.19. The lowest BCUT2D eigenvalue weighted by atomic mass is 9.96. The number of likely N-dealkylation sites (tertiary alicyclic amines) is 1. The quantitative estimate of drug-likeness (QED) is 0.838. The van der Waals surface area contributed by atoms with Gasteiger partial charge in [-0.15, -0.1) is 0 Å². The van der Waals surface area contributed by atoms with Crippen molar-refractivity contribution in [2.45, 2.75) is 26.3 Å². The first-order valence-corrected chi connectivity index (χ1v) is 6.30. The van der Waals surface area contributed by atoms with Gasteiger partial charge in [0.05, 0.1) is 11.1 Å². The van der Waals surface area contributed by atoms with Crippen molar-refractivity contribution < 1.29 is 14.7 Å². The van der Waals surface area contributed by atoms with Crippen molar-refractivity contribution in [2.75, 3.05) is 13.1 Å². The molecular formula is C14H18N2O3. The molecular weight excluding hydrogens is 244 g/mol. The average Bonchev–Trinajstić information content (AvgIpc) is 2.77. The molecule has 5 nitrogen and oxygen atoms in total. The van der Waals surface area contributed by atoms with Crippen LogP contribution in [0.2, 0.25) is 0 Å². The van der Waals surface area contributed by atoms with Gasteiger partial charge in [0.15, 0.2) is 0 Å². The summed E-state index contributed by atoms with van der Waals surface area (Å²) in [6.07, 6.45) is 0.763. The number of amides is 1. The molecule has 0 spiro atoms. The molecule has 0 aromatic heterocycles. The minimum absolute atomic E-state index is 0.0117. The maximum atomic E-state index is 12.5. The van der Waals surface area contributed by atoms with Crippen LogP contribution in [-0.2, 0) is 0 Å². The first-order chi connectivity index (χ1) is 8.91. The number of hydrogen-bond donors (Lipinski definition) is 2. The van der Waals surface area contributed by atoms with Crippen LogP contribution in [0.4, 0.5) is 0 Å². The summed E-state index contributed by atoms with van der Waals surface area (Å²) < 4.78 is 0. The van der Waals surface area contributed by atoms with E-state index in [0.29, 0.717) is 29.8 Å². The molecule has 1 aromatic rings. The molecule has 1 fully saturated rings. The Hall–Kier alpha value is -1.88. The van der Waals surface area contributed by atoms with Crippen molar-refractivity contribution in [3.8, 4) is 0 Å². The second-order valence-corrected chi connectivity index (χ2v) is 5.05. The van der Waals surface area contributed by atoms with Crippen LogP contribution in [0.15, 0.2) is 12.1 Å². The molecule has 1 unspecified atom stereocenters. The number of carbonyl (C=O) groups excluding carboxylic acids is 1. The largest absolute Gasteiger partial charge is 0.478 e. The van der Waals surface area contributed by atoms with Gasteiger partial charge in [-0.3, -0.25) is 4.79 Å². The summed E-state index contributed by atoms with van der Waals surface area (Å²) in [7, 11) is 0. The van der Waals surface area contributed by atoms with Gasteiger partial charge < -0.3 is 15.7 Å². The van der Waals surface area contributed by atoms with Crippen molar-refractivity contribution in [3.63, 3.8) is 0 Å². The Balaban J connectivity index is 2.46. The fourth-order valence-corrected chi connectivity index (χ4v) is 2.49. The van der Waals surface area contributed by atoms with Gasteiger partial charge in [-0.2, -0.15) is 0 Å². The highest BCUT2D eigenvalue weighted by Gasteiger charge is 2.29. The van der Waals surface area contributed by atoms with Gasteiger partial charge in [0, 0.05) is 19.1 Å². The zero-order valence-corrected chi connectivity index (χ0v) is 11.1. The minimum Gasteiger partial charge on any atom is -0.478 e. The maximum Gasteiger partial charge on any atom is 0.336 e. The average molecular weight is 262 g/mol. The van der Waals surface area contributed by atoms with Crippen LogP contribution in [0.3, 0.4) is 0 Å². The SMILES string of the molecule is Cc1ccc(C)c(C(=O)N2CCC(N)C2)c1C(=O)O. The molecule has 1 heterocycles. The number of benzene rings is 1. The molecule has 2 rings (SSSR count). The zero-order chi connectivity index (χ0) is 14.2. The molecule has 1 aliphatic rings. The Morgan fingerprint density at radius 1 is 1.26 bits per heavy atom. The van der Waals surface area contributed by atoms with Gasteiger partial charge >= 0.3 is 5.97 Å². The second-order valence-electron chi connectivity index (χ2n) is 5.05. The number of nitrogens with two attached hydrogens (primary N) is 1. The molecule has 1 aromatic carbocycles. The van der Waals surface area contributed by atoms with E-state index in [4.69, 9.17) is 5.73 Å². The Morgan fingerprint density at radius 2 is 1.84 bits per heavy atom. The second kappa shape index (κ2) is 5.01. The number of carboxylic acid groups (broad SMARTS) is 1. The maximum absolute atomic E-state index is 12.5. The number of carbonyl (C=O) groups is 2. The van der Waals surface area contributed by atoms with E-state index in [1.54, 1.807) is 30.9 Å². The standard InChI is InChI=1S/C14H18N2O3/c1-8-3-4-9(2)12(14(18)19)11(8)13(17)16-6-5-10(15)7-16/h3-4,10H,5-7,15H2,1-2H3,(H,18,19). The van der Waals surface area contributed by atoms with E-state index in [0.717, 1.165) is 6.42 Å². The van der Waals surface area contributed by atoms with Crippen LogP contribution < -0.4 is 5.73 Å². The highest BCUT2D eigenvalue weighted by Crippen LogP contribution is 2.22. The third-order valence-electron chi connectivity index (χ3n) is 3.56. The van der Waals surface area contributed by atoms with Gasteiger partial charge in [0.2, 0.25) is 0 Å². The first-order valence-electron chi connectivity index (χ1n) is 6.30. The van der Waals surface area contributed by atoms with Crippen LogP contribution >= 0.6 is 0 Å². The summed E-state index contributed by atoms with van der Waals surface area (Å²) in [5, 5.41) is 9.32. The Morgan fingerprint density at radius 3 is 2.32 bits per heavy atom. The number of aryl methyl sites for hydroxylation is 2. The van der Waals surface area contributed by atoms with Crippen molar-refractivity contribution in [1.82, 2.24) is 4.90 Å². The molecule has 5 heteroatoms. The van der Waals surface area contributed by atoms with E-state index in [2.05, 4.69) is 0 Å². The summed E-state index contributed by atoms with van der Waals surface area (Å²) in [6, 6.07) is 3.50. The van der Waals surface area contributed by atoms with Crippen molar-refractivity contribution >= 4 is 11.9 Å². The lowest BCUT2D eigenvalue weighted by molar-refractivity contribution is 0.0680. The minimum atomic E-state index is -1.06. The third kappa shape index (κ3) is 2.46. The smallest absolute Gasteiger partial charge is 0.336 e. The molecule has 19 heavy (non-hydrogen) atoms. The van der Waals surface area contributed by atoms with Gasteiger partial charge in [-0.05, 0) is 31.4 Å². The number of rotatable bonds is 2. The van der Waals surface area contributed by atoms with Crippen molar-refractivity contribution in [1.29, 1.82) is 0 Å². The topological polar surface area (TPSA) is 83.6 Å². The van der Waals surface area contributed by atoms with Crippen LogP contribution in [0.5, 0.6) is 0 Å². The summed E-state index contributed by atoms with van der Waals surface area (Å²) in [5.74, 6) is -1.29. The Bertz CT molecular complexity index is 540. The van der Waals surface area contributed by atoms with Gasteiger partial charge in [0.25, 0.3) is 5.91 Å². The Labute approximate surface area is 112 Å². The predicted molar refractivity (Wildman–Crippen MR) is 71.4 cm³/mol. The van der Waals surface area contributed by atoms with E-state index in [9.17, 15) is 14.7 Å². The number of nitrogens with zero attached hydrogens (tertiary/aromatic N) is 1. The highest BCUT2D eigenvalue weighted by atomic mass is 16.4. The van der Waals surface area contributed by atoms with Gasteiger partial charge in [0.1, 0.15) is 0 Å². The van der Waals surface area contributed by atoms with Gasteiger partial charge in [-0.25, -0.2) is 4.79 Å². The molecule has 0 radical (unpaired) electrons. The molecule has 3 N–H and O–H groups in total. The highest BCUT2D eigenvalue weighted by molar-refractivity contribution is 6.06. The molecule has 0 aliphatic carbocycles. The number of carboxylic acids is 1.